The largest absolute Gasteiger partial charge is 0.300 e. The van der Waals surface area contributed by atoms with Gasteiger partial charge >= 0.3 is 0 Å². The van der Waals surface area contributed by atoms with Gasteiger partial charge < -0.3 is 4.90 Å². The molecule has 1 heteroatoms. The second-order valence-corrected chi connectivity index (χ2v) is 6.11. The third-order valence-electron chi connectivity index (χ3n) is 4.75. The zero-order chi connectivity index (χ0) is 10.8. The summed E-state index contributed by atoms with van der Waals surface area (Å²) in [6, 6.07) is 0.943. The number of nitrogens with zero attached hydrogens (tertiary/aromatic N) is 1. The van der Waals surface area contributed by atoms with E-state index in [0.717, 1.165) is 23.8 Å². The number of rotatable bonds is 2. The van der Waals surface area contributed by atoms with Gasteiger partial charge in [-0.2, -0.15) is 0 Å². The van der Waals surface area contributed by atoms with Crippen LogP contribution in [0.5, 0.6) is 0 Å². The van der Waals surface area contributed by atoms with E-state index < -0.39 is 0 Å². The Morgan fingerprint density at radius 2 is 1.73 bits per heavy atom. The van der Waals surface area contributed by atoms with Crippen molar-refractivity contribution < 1.29 is 0 Å². The van der Waals surface area contributed by atoms with Crippen LogP contribution in [-0.4, -0.2) is 24.0 Å². The summed E-state index contributed by atoms with van der Waals surface area (Å²) in [6.45, 7) is 10.0. The average molecular weight is 209 g/mol. The van der Waals surface area contributed by atoms with Gasteiger partial charge in [0.1, 0.15) is 0 Å². The topological polar surface area (TPSA) is 3.24 Å². The molecule has 1 saturated carbocycles. The van der Waals surface area contributed by atoms with Gasteiger partial charge in [0.05, 0.1) is 0 Å². The Balaban J connectivity index is 1.92. The molecule has 0 N–H and O–H groups in total. The molecule has 0 unspecified atom stereocenters. The van der Waals surface area contributed by atoms with Crippen molar-refractivity contribution in [3.05, 3.63) is 0 Å². The second-order valence-electron chi connectivity index (χ2n) is 6.11. The van der Waals surface area contributed by atoms with Gasteiger partial charge in [0.2, 0.25) is 0 Å². The predicted molar refractivity (Wildman–Crippen MR) is 65.9 cm³/mol. The van der Waals surface area contributed by atoms with Crippen LogP contribution in [0.3, 0.4) is 0 Å². The van der Waals surface area contributed by atoms with Gasteiger partial charge in [-0.1, -0.05) is 33.6 Å². The minimum atomic E-state index is 0.865. The monoisotopic (exact) mass is 209 g/mol. The van der Waals surface area contributed by atoms with E-state index in [4.69, 9.17) is 0 Å². The number of hydrogen-bond donors (Lipinski definition) is 0. The molecule has 0 aromatic carbocycles. The summed E-state index contributed by atoms with van der Waals surface area (Å²) in [6.07, 6.45) is 7.32. The molecule has 1 aliphatic carbocycles. The molecule has 1 aliphatic heterocycles. The molecule has 0 aromatic heterocycles. The highest BCUT2D eigenvalue weighted by molar-refractivity contribution is 4.85. The van der Waals surface area contributed by atoms with Crippen LogP contribution >= 0.6 is 0 Å². The lowest BCUT2D eigenvalue weighted by Crippen LogP contribution is -2.45. The molecule has 2 atom stereocenters. The minimum Gasteiger partial charge on any atom is -0.300 e. The lowest BCUT2D eigenvalue weighted by atomic mass is 9.79. The van der Waals surface area contributed by atoms with Crippen LogP contribution in [0, 0.1) is 17.8 Å². The van der Waals surface area contributed by atoms with E-state index in [9.17, 15) is 0 Å². The van der Waals surface area contributed by atoms with E-state index in [-0.39, 0.29) is 0 Å². The van der Waals surface area contributed by atoms with Crippen LogP contribution in [0.4, 0.5) is 0 Å². The fourth-order valence-electron chi connectivity index (χ4n) is 3.59. The molecule has 2 aliphatic rings. The molecular weight excluding hydrogens is 182 g/mol. The Morgan fingerprint density at radius 3 is 2.33 bits per heavy atom. The van der Waals surface area contributed by atoms with E-state index in [0.29, 0.717) is 0 Å². The molecule has 1 heterocycles. The van der Waals surface area contributed by atoms with Crippen molar-refractivity contribution >= 4 is 0 Å². The summed E-state index contributed by atoms with van der Waals surface area (Å²) in [7, 11) is 0. The molecule has 1 saturated heterocycles. The van der Waals surface area contributed by atoms with Crippen molar-refractivity contribution in [3.8, 4) is 0 Å². The maximum absolute atomic E-state index is 2.80. The Hall–Kier alpha value is -0.0400. The summed E-state index contributed by atoms with van der Waals surface area (Å²) in [5.41, 5.74) is 0. The van der Waals surface area contributed by atoms with Crippen LogP contribution in [-0.2, 0) is 0 Å². The highest BCUT2D eigenvalue weighted by atomic mass is 15.2. The highest BCUT2D eigenvalue weighted by Gasteiger charge is 2.32. The first-order valence-electron chi connectivity index (χ1n) is 6.92. The molecule has 0 spiro atoms. The van der Waals surface area contributed by atoms with Crippen LogP contribution in [0.15, 0.2) is 0 Å². The fraction of sp³-hybridized carbons (Fsp3) is 1.00. The van der Waals surface area contributed by atoms with E-state index in [1.807, 2.05) is 0 Å². The molecule has 0 aromatic rings. The lowest BCUT2D eigenvalue weighted by Gasteiger charge is -2.42. The van der Waals surface area contributed by atoms with Crippen LogP contribution in [0.1, 0.15) is 52.9 Å². The van der Waals surface area contributed by atoms with Gasteiger partial charge in [-0.15, -0.1) is 0 Å². The molecule has 1 nitrogen and oxygen atoms in total. The van der Waals surface area contributed by atoms with Crippen molar-refractivity contribution in [3.63, 3.8) is 0 Å². The molecule has 2 fully saturated rings. The number of likely N-dealkylation sites (tertiary alicyclic amines) is 1. The third kappa shape index (κ3) is 2.55. The van der Waals surface area contributed by atoms with Crippen LogP contribution < -0.4 is 0 Å². The summed E-state index contributed by atoms with van der Waals surface area (Å²) in [5.74, 6) is 2.76. The summed E-state index contributed by atoms with van der Waals surface area (Å²) >= 11 is 0. The number of hydrogen-bond acceptors (Lipinski definition) is 1. The van der Waals surface area contributed by atoms with Crippen molar-refractivity contribution in [2.75, 3.05) is 13.1 Å². The zero-order valence-corrected chi connectivity index (χ0v) is 10.7. The maximum Gasteiger partial charge on any atom is 0.00953 e. The first kappa shape index (κ1) is 11.4. The van der Waals surface area contributed by atoms with E-state index in [2.05, 4.69) is 25.7 Å². The van der Waals surface area contributed by atoms with Gasteiger partial charge in [-0.3, -0.25) is 0 Å². The van der Waals surface area contributed by atoms with Gasteiger partial charge in [0.25, 0.3) is 0 Å². The number of piperidine rings is 1. The molecule has 88 valence electrons. The Kier molecular flexibility index (Phi) is 3.71. The van der Waals surface area contributed by atoms with E-state index >= 15 is 0 Å². The Bertz CT molecular complexity index is 194. The van der Waals surface area contributed by atoms with Crippen molar-refractivity contribution in [2.24, 2.45) is 17.8 Å². The standard InChI is InChI=1S/C14H27N/c1-11(2)14-10-15(9-8-12(14)3)13-6-4-5-7-13/h11-14H,4-10H2,1-3H3/t12-,14-/m1/s1. The first-order chi connectivity index (χ1) is 7.18. The van der Waals surface area contributed by atoms with Gasteiger partial charge in [0.15, 0.2) is 0 Å². The molecular formula is C14H27N. The van der Waals surface area contributed by atoms with Crippen molar-refractivity contribution in [1.29, 1.82) is 0 Å². The minimum absolute atomic E-state index is 0.865. The van der Waals surface area contributed by atoms with E-state index in [1.165, 1.54) is 45.2 Å². The van der Waals surface area contributed by atoms with Gasteiger partial charge in [-0.25, -0.2) is 0 Å². The smallest absolute Gasteiger partial charge is 0.00953 e. The SMILES string of the molecule is CC(C)[C@H]1CN(C2CCCC2)CC[C@H]1C. The molecule has 0 radical (unpaired) electrons. The van der Waals surface area contributed by atoms with Crippen LogP contribution in [0.2, 0.25) is 0 Å². The summed E-state index contributed by atoms with van der Waals surface area (Å²) in [5, 5.41) is 0. The Labute approximate surface area is 95.2 Å². The average Bonchev–Trinajstić information content (AvgIpc) is 2.71. The van der Waals surface area contributed by atoms with Crippen LogP contribution in [0.25, 0.3) is 0 Å². The fourth-order valence-corrected chi connectivity index (χ4v) is 3.59. The first-order valence-corrected chi connectivity index (χ1v) is 6.92. The van der Waals surface area contributed by atoms with E-state index in [1.54, 1.807) is 0 Å². The lowest BCUT2D eigenvalue weighted by molar-refractivity contribution is 0.0665. The quantitative estimate of drug-likeness (QED) is 0.672. The summed E-state index contributed by atoms with van der Waals surface area (Å²) in [4.78, 5) is 2.80. The normalized spacial score (nSPS) is 35.2. The van der Waals surface area contributed by atoms with Gasteiger partial charge in [0, 0.05) is 12.6 Å². The highest BCUT2D eigenvalue weighted by Crippen LogP contribution is 2.33. The maximum atomic E-state index is 2.80. The zero-order valence-electron chi connectivity index (χ0n) is 10.7. The second kappa shape index (κ2) is 4.86. The Morgan fingerprint density at radius 1 is 1.07 bits per heavy atom. The summed E-state index contributed by atoms with van der Waals surface area (Å²) < 4.78 is 0. The molecule has 15 heavy (non-hydrogen) atoms. The molecule has 0 bridgehead atoms. The predicted octanol–water partition coefficient (Wildman–Crippen LogP) is 3.54. The molecule has 2 rings (SSSR count). The van der Waals surface area contributed by atoms with Gasteiger partial charge in [-0.05, 0) is 43.6 Å². The molecule has 0 amide bonds. The third-order valence-corrected chi connectivity index (χ3v) is 4.75. The van der Waals surface area contributed by atoms with Crippen molar-refractivity contribution in [2.45, 2.75) is 58.9 Å². The van der Waals surface area contributed by atoms with Crippen molar-refractivity contribution in [1.82, 2.24) is 4.90 Å².